The van der Waals surface area contributed by atoms with E-state index in [1.165, 1.54) is 6.92 Å². The average Bonchev–Trinajstić information content (AvgIpc) is 3.04. The molecule has 2 aromatic rings. The highest BCUT2D eigenvalue weighted by molar-refractivity contribution is 6.31. The number of carbonyl (C=O) groups excluding carboxylic acids is 4. The summed E-state index contributed by atoms with van der Waals surface area (Å²) in [4.78, 5) is 52.3. The first kappa shape index (κ1) is 34.5. The summed E-state index contributed by atoms with van der Waals surface area (Å²) in [5.41, 5.74) is 2.80. The van der Waals surface area contributed by atoms with Crippen molar-refractivity contribution in [3.63, 3.8) is 0 Å². The number of nitriles is 1. The normalized spacial score (nSPS) is 23.4. The Morgan fingerprint density at radius 2 is 1.57 bits per heavy atom. The van der Waals surface area contributed by atoms with Crippen LogP contribution in [0.25, 0.3) is 0 Å². The maximum absolute atomic E-state index is 13.6. The predicted octanol–water partition coefficient (Wildman–Crippen LogP) is 4.17. The van der Waals surface area contributed by atoms with E-state index in [0.717, 1.165) is 11.3 Å². The van der Waals surface area contributed by atoms with Crippen LogP contribution in [0.3, 0.4) is 0 Å². The molecular weight excluding hydrogens is 620 g/mol. The number of nitrogens with one attached hydrogen (secondary N) is 1. The summed E-state index contributed by atoms with van der Waals surface area (Å²) in [6.07, 6.45) is -2.48. The van der Waals surface area contributed by atoms with E-state index in [2.05, 4.69) is 11.4 Å². The van der Waals surface area contributed by atoms with Gasteiger partial charge in [0, 0.05) is 11.9 Å². The van der Waals surface area contributed by atoms with Crippen molar-refractivity contribution in [1.82, 2.24) is 0 Å². The van der Waals surface area contributed by atoms with Crippen molar-refractivity contribution in [2.75, 3.05) is 38.3 Å². The lowest BCUT2D eigenvalue weighted by molar-refractivity contribution is -0.211. The SMILES string of the molecule is CCOC(=O)[C@H]1[C@@H](C(=O)OCC)[C@H](COC(C)=O)O[C@H](c2ccc(Cl)c(Cc3ccc4c(c3)NCC(C#N)O4)c2)[C@H]1C(=O)OCC. The van der Waals surface area contributed by atoms with Gasteiger partial charge in [-0.2, -0.15) is 5.26 Å². The predicted molar refractivity (Wildman–Crippen MR) is 164 cm³/mol. The Morgan fingerprint density at radius 1 is 0.913 bits per heavy atom. The van der Waals surface area contributed by atoms with Crippen molar-refractivity contribution in [3.05, 3.63) is 58.1 Å². The van der Waals surface area contributed by atoms with Crippen LogP contribution >= 0.6 is 11.6 Å². The standard InChI is InChI=1S/C33H37ClN2O10/c1-5-41-31(38)27-26(17-44-18(4)37)46-30(29(33(40)43-7-3)28(27)32(39)42-6-2)20-9-10-23(34)21(14-20)12-19-8-11-25-24(13-19)36-16-22(15-35)45-25/h8-11,13-14,22,26-30,36H,5-7,12,16-17H2,1-4H3/t22?,26-,27-,28-,29-,30+/m0/s1. The Hall–Kier alpha value is -4.34. The molecule has 0 spiro atoms. The molecule has 0 aliphatic carbocycles. The molecule has 0 radical (unpaired) electrons. The maximum atomic E-state index is 13.6. The molecule has 4 rings (SSSR count). The van der Waals surface area contributed by atoms with Crippen LogP contribution in [-0.2, 0) is 49.3 Å². The van der Waals surface area contributed by atoms with Crippen LogP contribution in [0.1, 0.15) is 50.5 Å². The Kier molecular flexibility index (Phi) is 11.8. The molecule has 2 aliphatic heterocycles. The number of carbonyl (C=O) groups is 4. The molecule has 1 saturated heterocycles. The monoisotopic (exact) mass is 656 g/mol. The van der Waals surface area contributed by atoms with Crippen LogP contribution in [0.4, 0.5) is 5.69 Å². The number of anilines is 1. The van der Waals surface area contributed by atoms with Gasteiger partial charge in [-0.25, -0.2) is 0 Å². The van der Waals surface area contributed by atoms with Crippen molar-refractivity contribution < 1.29 is 47.6 Å². The van der Waals surface area contributed by atoms with Crippen molar-refractivity contribution in [1.29, 1.82) is 5.26 Å². The Labute approximate surface area is 272 Å². The molecule has 1 N–H and O–H groups in total. The summed E-state index contributed by atoms with van der Waals surface area (Å²) in [5.74, 6) is -6.45. The second-order valence-corrected chi connectivity index (χ2v) is 11.1. The van der Waals surface area contributed by atoms with Crippen molar-refractivity contribution in [2.45, 2.75) is 52.4 Å². The van der Waals surface area contributed by atoms with Gasteiger partial charge in [-0.3, -0.25) is 19.2 Å². The lowest BCUT2D eigenvalue weighted by atomic mass is 9.71. The molecular formula is C33H37ClN2O10. The minimum Gasteiger partial charge on any atom is -0.472 e. The van der Waals surface area contributed by atoms with Crippen LogP contribution in [0.15, 0.2) is 36.4 Å². The smallest absolute Gasteiger partial charge is 0.312 e. The zero-order valence-electron chi connectivity index (χ0n) is 26.1. The Morgan fingerprint density at radius 3 is 2.20 bits per heavy atom. The summed E-state index contributed by atoms with van der Waals surface area (Å²) in [6, 6.07) is 12.7. The zero-order chi connectivity index (χ0) is 33.4. The number of rotatable bonds is 11. The number of hydrogen-bond acceptors (Lipinski definition) is 12. The molecule has 2 aromatic carbocycles. The van der Waals surface area contributed by atoms with E-state index in [9.17, 15) is 24.4 Å². The molecule has 246 valence electrons. The van der Waals surface area contributed by atoms with Crippen molar-refractivity contribution in [2.24, 2.45) is 17.8 Å². The van der Waals surface area contributed by atoms with E-state index in [4.69, 9.17) is 40.0 Å². The van der Waals surface area contributed by atoms with Crippen molar-refractivity contribution in [3.8, 4) is 11.8 Å². The van der Waals surface area contributed by atoms with Crippen LogP contribution in [0.2, 0.25) is 5.02 Å². The van der Waals surface area contributed by atoms with Gasteiger partial charge < -0.3 is 33.7 Å². The third-order valence-corrected chi connectivity index (χ3v) is 8.05. The van der Waals surface area contributed by atoms with Gasteiger partial charge in [0.2, 0.25) is 6.10 Å². The second kappa shape index (κ2) is 15.8. The first-order valence-corrected chi connectivity index (χ1v) is 15.5. The van der Waals surface area contributed by atoms with E-state index in [1.807, 2.05) is 12.1 Å². The van der Waals surface area contributed by atoms with Crippen LogP contribution in [0, 0.1) is 29.1 Å². The van der Waals surface area contributed by atoms with E-state index in [-0.39, 0.29) is 26.4 Å². The zero-order valence-corrected chi connectivity index (χ0v) is 26.8. The van der Waals surface area contributed by atoms with Gasteiger partial charge in [-0.05, 0) is 62.1 Å². The molecule has 1 unspecified atom stereocenters. The van der Waals surface area contributed by atoms with Gasteiger partial charge in [0.25, 0.3) is 0 Å². The first-order chi connectivity index (χ1) is 22.1. The quantitative estimate of drug-likeness (QED) is 0.272. The maximum Gasteiger partial charge on any atom is 0.312 e. The first-order valence-electron chi connectivity index (χ1n) is 15.1. The summed E-state index contributed by atoms with van der Waals surface area (Å²) < 4.78 is 33.4. The number of hydrogen-bond donors (Lipinski definition) is 1. The lowest BCUT2D eigenvalue weighted by Gasteiger charge is -2.43. The summed E-state index contributed by atoms with van der Waals surface area (Å²) in [5, 5.41) is 12.8. The van der Waals surface area contributed by atoms with Gasteiger partial charge in [0.15, 0.2) is 0 Å². The Bertz CT molecular complexity index is 1490. The third kappa shape index (κ3) is 7.89. The largest absolute Gasteiger partial charge is 0.472 e. The molecule has 12 nitrogen and oxygen atoms in total. The minimum atomic E-state index is -1.37. The van der Waals surface area contributed by atoms with Gasteiger partial charge in [0.1, 0.15) is 36.4 Å². The fourth-order valence-electron chi connectivity index (χ4n) is 5.73. The second-order valence-electron chi connectivity index (χ2n) is 10.7. The molecule has 6 atom stereocenters. The molecule has 0 aromatic heterocycles. The van der Waals surface area contributed by atoms with E-state index in [0.29, 0.717) is 34.9 Å². The Balaban J connectivity index is 1.77. The summed E-state index contributed by atoms with van der Waals surface area (Å²) in [6.45, 7) is 6.03. The van der Waals surface area contributed by atoms with Gasteiger partial charge in [0.05, 0.1) is 44.1 Å². The molecule has 0 bridgehead atoms. The number of esters is 4. The number of halogens is 1. The van der Waals surface area contributed by atoms with Gasteiger partial charge >= 0.3 is 23.9 Å². The van der Waals surface area contributed by atoms with Crippen molar-refractivity contribution >= 4 is 41.2 Å². The number of fused-ring (bicyclic) bond motifs is 1. The third-order valence-electron chi connectivity index (χ3n) is 7.68. The average molecular weight is 657 g/mol. The molecule has 46 heavy (non-hydrogen) atoms. The molecule has 0 amide bonds. The number of ether oxygens (including phenoxy) is 6. The summed E-state index contributed by atoms with van der Waals surface area (Å²) in [7, 11) is 0. The van der Waals surface area contributed by atoms with Gasteiger partial charge in [-0.15, -0.1) is 0 Å². The number of benzene rings is 2. The van der Waals surface area contributed by atoms with E-state index in [1.54, 1.807) is 45.0 Å². The molecule has 1 fully saturated rings. The fraction of sp³-hybridized carbons (Fsp3) is 0.485. The highest BCUT2D eigenvalue weighted by Gasteiger charge is 2.57. The highest BCUT2D eigenvalue weighted by Crippen LogP contribution is 2.46. The highest BCUT2D eigenvalue weighted by atomic mass is 35.5. The van der Waals surface area contributed by atoms with Crippen LogP contribution in [0.5, 0.6) is 5.75 Å². The summed E-state index contributed by atoms with van der Waals surface area (Å²) >= 11 is 6.65. The molecule has 2 aliphatic rings. The molecule has 0 saturated carbocycles. The fourth-order valence-corrected chi connectivity index (χ4v) is 5.92. The number of nitrogens with zero attached hydrogens (tertiary/aromatic N) is 1. The van der Waals surface area contributed by atoms with Crippen LogP contribution < -0.4 is 10.1 Å². The minimum absolute atomic E-state index is 0.00243. The van der Waals surface area contributed by atoms with Crippen LogP contribution in [-0.4, -0.2) is 69.1 Å². The van der Waals surface area contributed by atoms with Gasteiger partial charge in [-0.1, -0.05) is 29.8 Å². The van der Waals surface area contributed by atoms with E-state index >= 15 is 0 Å². The molecule has 2 heterocycles. The van der Waals surface area contributed by atoms with E-state index < -0.39 is 59.9 Å². The lowest BCUT2D eigenvalue weighted by Crippen LogP contribution is -2.55. The topological polar surface area (TPSA) is 159 Å². The molecule has 13 heteroatoms.